The number of esters is 1. The van der Waals surface area contributed by atoms with Gasteiger partial charge in [-0.25, -0.2) is 9.59 Å². The fourth-order valence-electron chi connectivity index (χ4n) is 2.70. The Morgan fingerprint density at radius 3 is 2.48 bits per heavy atom. The average molecular weight is 419 g/mol. The summed E-state index contributed by atoms with van der Waals surface area (Å²) in [7, 11) is 2.96. The first-order valence-corrected chi connectivity index (χ1v) is 9.63. The predicted octanol–water partition coefficient (Wildman–Crippen LogP) is 4.97. The van der Waals surface area contributed by atoms with Gasteiger partial charge in [0.2, 0.25) is 0 Å². The standard InChI is InChI=1S/C22H27ClN2O4/c1-22(2,3)17-14-15(23)10-11-19(17)29-13-12-25(4)21(27)24-18-9-7-6-8-16(18)20(26)28-5/h6-11,14H,12-13H2,1-5H3,(H,24,27). The summed E-state index contributed by atoms with van der Waals surface area (Å²) < 4.78 is 10.7. The number of carbonyl (C=O) groups excluding carboxylic acids is 2. The van der Waals surface area contributed by atoms with Crippen LogP contribution in [0.2, 0.25) is 5.02 Å². The Morgan fingerprint density at radius 1 is 1.14 bits per heavy atom. The summed E-state index contributed by atoms with van der Waals surface area (Å²) in [6.07, 6.45) is 0. The van der Waals surface area contributed by atoms with Gasteiger partial charge in [0.25, 0.3) is 0 Å². The second kappa shape index (κ2) is 9.65. The van der Waals surface area contributed by atoms with Gasteiger partial charge in [-0.15, -0.1) is 0 Å². The van der Waals surface area contributed by atoms with E-state index in [1.807, 2.05) is 12.1 Å². The minimum atomic E-state index is -0.510. The maximum Gasteiger partial charge on any atom is 0.339 e. The number of nitrogens with one attached hydrogen (secondary N) is 1. The molecule has 0 aliphatic heterocycles. The van der Waals surface area contributed by atoms with Crippen molar-refractivity contribution in [2.45, 2.75) is 26.2 Å². The van der Waals surface area contributed by atoms with Crippen molar-refractivity contribution in [3.8, 4) is 5.75 Å². The Balaban J connectivity index is 1.98. The second-order valence-corrected chi connectivity index (χ2v) is 8.06. The van der Waals surface area contributed by atoms with E-state index in [2.05, 4.69) is 26.1 Å². The third-order valence-corrected chi connectivity index (χ3v) is 4.59. The van der Waals surface area contributed by atoms with Crippen molar-refractivity contribution in [2.24, 2.45) is 0 Å². The van der Waals surface area contributed by atoms with Crippen LogP contribution in [0.25, 0.3) is 0 Å². The first-order chi connectivity index (χ1) is 13.6. The average Bonchev–Trinajstić information content (AvgIpc) is 2.68. The second-order valence-electron chi connectivity index (χ2n) is 7.63. The summed E-state index contributed by atoms with van der Waals surface area (Å²) in [5.74, 6) is 0.232. The summed E-state index contributed by atoms with van der Waals surface area (Å²) in [4.78, 5) is 25.8. The lowest BCUT2D eigenvalue weighted by Crippen LogP contribution is -2.35. The molecule has 0 spiro atoms. The minimum absolute atomic E-state index is 0.124. The van der Waals surface area contributed by atoms with Crippen LogP contribution in [0.1, 0.15) is 36.7 Å². The lowest BCUT2D eigenvalue weighted by Gasteiger charge is -2.24. The monoisotopic (exact) mass is 418 g/mol. The number of rotatable bonds is 6. The zero-order valence-electron chi connectivity index (χ0n) is 17.4. The highest BCUT2D eigenvalue weighted by atomic mass is 35.5. The van der Waals surface area contributed by atoms with Crippen LogP contribution in [-0.4, -0.2) is 44.2 Å². The molecule has 2 rings (SSSR count). The minimum Gasteiger partial charge on any atom is -0.491 e. The summed E-state index contributed by atoms with van der Waals surface area (Å²) >= 11 is 6.12. The summed E-state index contributed by atoms with van der Waals surface area (Å²) in [6, 6.07) is 11.9. The molecule has 1 N–H and O–H groups in total. The molecule has 0 saturated carbocycles. The van der Waals surface area contributed by atoms with Crippen LogP contribution in [-0.2, 0) is 10.2 Å². The van der Waals surface area contributed by atoms with Gasteiger partial charge in [0.1, 0.15) is 12.4 Å². The predicted molar refractivity (Wildman–Crippen MR) is 115 cm³/mol. The molecule has 0 aliphatic carbocycles. The molecule has 7 heteroatoms. The number of likely N-dealkylation sites (N-methyl/N-ethyl adjacent to an activating group) is 1. The van der Waals surface area contributed by atoms with Crippen LogP contribution >= 0.6 is 11.6 Å². The van der Waals surface area contributed by atoms with Crippen LogP contribution in [0.3, 0.4) is 0 Å². The first kappa shape index (κ1) is 22.6. The first-order valence-electron chi connectivity index (χ1n) is 9.25. The van der Waals surface area contributed by atoms with Crippen LogP contribution < -0.4 is 10.1 Å². The van der Waals surface area contributed by atoms with Crippen molar-refractivity contribution in [1.82, 2.24) is 4.90 Å². The molecule has 0 aromatic heterocycles. The van der Waals surface area contributed by atoms with Crippen LogP contribution in [0.15, 0.2) is 42.5 Å². The zero-order valence-corrected chi connectivity index (χ0v) is 18.2. The molecule has 0 radical (unpaired) electrons. The molecular weight excluding hydrogens is 392 g/mol. The van der Waals surface area contributed by atoms with Crippen LogP contribution in [0.5, 0.6) is 5.75 Å². The number of halogens is 1. The Morgan fingerprint density at radius 2 is 1.83 bits per heavy atom. The van der Waals surface area contributed by atoms with E-state index < -0.39 is 5.97 Å². The van der Waals surface area contributed by atoms with Crippen LogP contribution in [0.4, 0.5) is 10.5 Å². The number of anilines is 1. The number of amides is 2. The summed E-state index contributed by atoms with van der Waals surface area (Å²) in [5, 5.41) is 3.39. The number of ether oxygens (including phenoxy) is 2. The largest absolute Gasteiger partial charge is 0.491 e. The van der Waals surface area contributed by atoms with E-state index in [0.29, 0.717) is 29.4 Å². The van der Waals surface area contributed by atoms with Crippen molar-refractivity contribution in [3.63, 3.8) is 0 Å². The van der Waals surface area contributed by atoms with Crippen molar-refractivity contribution in [1.29, 1.82) is 0 Å². The molecule has 0 saturated heterocycles. The fraction of sp³-hybridized carbons (Fsp3) is 0.364. The number of urea groups is 1. The van der Waals surface area contributed by atoms with E-state index >= 15 is 0 Å². The molecule has 6 nitrogen and oxygen atoms in total. The fourth-order valence-corrected chi connectivity index (χ4v) is 2.87. The SMILES string of the molecule is COC(=O)c1ccccc1NC(=O)N(C)CCOc1ccc(Cl)cc1C(C)(C)C. The number of para-hydroxylation sites is 1. The Labute approximate surface area is 176 Å². The highest BCUT2D eigenvalue weighted by Crippen LogP contribution is 2.33. The van der Waals surface area contributed by atoms with Gasteiger partial charge < -0.3 is 19.7 Å². The maximum atomic E-state index is 12.5. The third kappa shape index (κ3) is 6.12. The topological polar surface area (TPSA) is 67.9 Å². The maximum absolute atomic E-state index is 12.5. The van der Waals surface area contributed by atoms with Crippen molar-refractivity contribution in [2.75, 3.05) is 32.6 Å². The highest BCUT2D eigenvalue weighted by Gasteiger charge is 2.20. The highest BCUT2D eigenvalue weighted by molar-refractivity contribution is 6.30. The van der Waals surface area contributed by atoms with Gasteiger partial charge in [-0.3, -0.25) is 0 Å². The summed E-state index contributed by atoms with van der Waals surface area (Å²) in [5.41, 5.74) is 1.57. The molecule has 2 aromatic rings. The molecule has 156 valence electrons. The number of carbonyl (C=O) groups is 2. The van der Waals surface area contributed by atoms with E-state index in [4.69, 9.17) is 21.1 Å². The lowest BCUT2D eigenvalue weighted by atomic mass is 9.86. The van der Waals surface area contributed by atoms with E-state index in [1.165, 1.54) is 12.0 Å². The molecule has 0 aliphatic rings. The van der Waals surface area contributed by atoms with Crippen molar-refractivity contribution in [3.05, 3.63) is 58.6 Å². The Kier molecular flexibility index (Phi) is 7.51. The van der Waals surface area contributed by atoms with Gasteiger partial charge in [0, 0.05) is 17.6 Å². The van der Waals surface area contributed by atoms with Gasteiger partial charge >= 0.3 is 12.0 Å². The van der Waals surface area contributed by atoms with Gasteiger partial charge in [0.05, 0.1) is 24.9 Å². The van der Waals surface area contributed by atoms with E-state index in [0.717, 1.165) is 11.3 Å². The van der Waals surface area contributed by atoms with Gasteiger partial charge in [0.15, 0.2) is 0 Å². The number of nitrogens with zero attached hydrogens (tertiary/aromatic N) is 1. The molecule has 0 unspecified atom stereocenters. The van der Waals surface area contributed by atoms with Crippen molar-refractivity contribution >= 4 is 29.3 Å². The zero-order chi connectivity index (χ0) is 21.6. The van der Waals surface area contributed by atoms with Gasteiger partial charge in [-0.05, 0) is 35.7 Å². The number of hydrogen-bond donors (Lipinski definition) is 1. The molecule has 2 amide bonds. The van der Waals surface area contributed by atoms with E-state index in [-0.39, 0.29) is 11.4 Å². The number of hydrogen-bond acceptors (Lipinski definition) is 4. The van der Waals surface area contributed by atoms with Crippen LogP contribution in [0, 0.1) is 0 Å². The van der Waals surface area contributed by atoms with E-state index in [1.54, 1.807) is 37.4 Å². The smallest absolute Gasteiger partial charge is 0.339 e. The Hall–Kier alpha value is -2.73. The van der Waals surface area contributed by atoms with Crippen molar-refractivity contribution < 1.29 is 19.1 Å². The van der Waals surface area contributed by atoms with Gasteiger partial charge in [-0.2, -0.15) is 0 Å². The van der Waals surface area contributed by atoms with E-state index in [9.17, 15) is 9.59 Å². The molecule has 29 heavy (non-hydrogen) atoms. The lowest BCUT2D eigenvalue weighted by molar-refractivity contribution is 0.0602. The molecule has 0 atom stereocenters. The normalized spacial score (nSPS) is 11.0. The molecular formula is C22H27ClN2O4. The molecule has 0 heterocycles. The quantitative estimate of drug-likeness (QED) is 0.672. The molecule has 0 fully saturated rings. The molecule has 0 bridgehead atoms. The third-order valence-electron chi connectivity index (χ3n) is 4.35. The summed E-state index contributed by atoms with van der Waals surface area (Å²) in [6.45, 7) is 6.93. The Bertz CT molecular complexity index is 877. The van der Waals surface area contributed by atoms with Gasteiger partial charge in [-0.1, -0.05) is 44.5 Å². The molecule has 2 aromatic carbocycles. The number of benzene rings is 2. The number of methoxy groups -OCH3 is 1.